The molecule has 1 aliphatic heterocycles. The number of benzene rings is 2. The predicted octanol–water partition coefficient (Wildman–Crippen LogP) is 4.44. The second-order valence-electron chi connectivity index (χ2n) is 10.0. The van der Waals surface area contributed by atoms with Gasteiger partial charge in [0, 0.05) is 75.0 Å². The molecule has 1 aliphatic rings. The van der Waals surface area contributed by atoms with Crippen LogP contribution in [-0.4, -0.2) is 84.3 Å². The zero-order valence-electron chi connectivity index (χ0n) is 24.1. The van der Waals surface area contributed by atoms with Crippen molar-refractivity contribution in [3.63, 3.8) is 0 Å². The summed E-state index contributed by atoms with van der Waals surface area (Å²) >= 11 is 0. The number of rotatable bonds is 12. The molecule has 1 N–H and O–H groups in total. The van der Waals surface area contributed by atoms with Crippen molar-refractivity contribution in [2.75, 3.05) is 57.8 Å². The summed E-state index contributed by atoms with van der Waals surface area (Å²) in [6.07, 6.45) is 2.61. The molecule has 1 amide bonds. The van der Waals surface area contributed by atoms with Gasteiger partial charge in [-0.05, 0) is 55.4 Å². The highest BCUT2D eigenvalue weighted by Gasteiger charge is 2.19. The second-order valence-corrected chi connectivity index (χ2v) is 10.0. The Bertz CT molecular complexity index is 1380. The van der Waals surface area contributed by atoms with E-state index < -0.39 is 18.1 Å². The zero-order valence-corrected chi connectivity index (χ0v) is 24.1. The lowest BCUT2D eigenvalue weighted by atomic mass is 10.1. The summed E-state index contributed by atoms with van der Waals surface area (Å²) in [6, 6.07) is 17.0. The molecule has 43 heavy (non-hydrogen) atoms. The summed E-state index contributed by atoms with van der Waals surface area (Å²) in [7, 11) is 2.02. The minimum Gasteiger partial charge on any atom is -0.415 e. The third-order valence-electron chi connectivity index (χ3n) is 7.09. The van der Waals surface area contributed by atoms with Crippen molar-refractivity contribution < 1.29 is 22.4 Å². The van der Waals surface area contributed by atoms with E-state index in [0.717, 1.165) is 19.0 Å². The van der Waals surface area contributed by atoms with Gasteiger partial charge in [-0.2, -0.15) is 8.78 Å². The Hall–Kier alpha value is -4.13. The Morgan fingerprint density at radius 1 is 0.977 bits per heavy atom. The highest BCUT2D eigenvalue weighted by Crippen LogP contribution is 2.25. The molecule has 0 saturated carbocycles. The van der Waals surface area contributed by atoms with Gasteiger partial charge in [0.1, 0.15) is 5.82 Å². The number of amides is 1. The zero-order chi connectivity index (χ0) is 30.4. The molecular weight excluding hydrogens is 559 g/mol. The number of alkyl halides is 2. The third-order valence-corrected chi connectivity index (χ3v) is 7.09. The average Bonchev–Trinajstić information content (AvgIpc) is 3.55. The SMILES string of the molecule is CNCCN1CCN(CCc2ccncc2)CC1.O=CN(Cc1ccc(-c2nnc(C(F)F)o2)cc1F)c1ccccc1. The lowest BCUT2D eigenvalue weighted by molar-refractivity contribution is -0.107. The summed E-state index contributed by atoms with van der Waals surface area (Å²) in [5, 5.41) is 9.89. The molecule has 2 aromatic carbocycles. The van der Waals surface area contributed by atoms with Gasteiger partial charge in [0.2, 0.25) is 12.3 Å². The number of nitrogens with one attached hydrogen (secondary N) is 1. The second kappa shape index (κ2) is 16.5. The number of aromatic nitrogens is 3. The number of anilines is 1. The molecule has 0 spiro atoms. The van der Waals surface area contributed by atoms with Gasteiger partial charge < -0.3 is 19.5 Å². The lowest BCUT2D eigenvalue weighted by Gasteiger charge is -2.34. The maximum absolute atomic E-state index is 14.3. The van der Waals surface area contributed by atoms with E-state index in [-0.39, 0.29) is 23.6 Å². The molecule has 2 aromatic heterocycles. The molecule has 1 fully saturated rings. The van der Waals surface area contributed by atoms with Crippen LogP contribution in [0.15, 0.2) is 77.5 Å². The first-order valence-corrected chi connectivity index (χ1v) is 14.1. The summed E-state index contributed by atoms with van der Waals surface area (Å²) < 4.78 is 44.1. The van der Waals surface area contributed by atoms with Crippen molar-refractivity contribution in [1.29, 1.82) is 0 Å². The standard InChI is InChI=1S/C17H12F3N3O2.C14H24N4/c18-14-8-11(16-21-22-17(25-16)15(19)20)6-7-12(14)9-23(10-24)13-4-2-1-3-5-13;1-15-7-9-18-12-10-17(11-13-18)8-4-14-2-5-16-6-3-14/h1-8,10,15H,9H2;2-3,5-6,15H,4,7-13H2,1H3. The molecule has 5 rings (SSSR count). The van der Waals surface area contributed by atoms with Crippen molar-refractivity contribution in [3.8, 4) is 11.5 Å². The van der Waals surface area contributed by atoms with Gasteiger partial charge in [0.05, 0.1) is 6.54 Å². The van der Waals surface area contributed by atoms with Crippen molar-refractivity contribution in [1.82, 2.24) is 30.3 Å². The monoisotopic (exact) mass is 595 g/mol. The normalized spacial score (nSPS) is 13.9. The smallest absolute Gasteiger partial charge is 0.314 e. The fraction of sp³-hybridized carbons (Fsp3) is 0.355. The van der Waals surface area contributed by atoms with Crippen molar-refractivity contribution in [3.05, 3.63) is 95.9 Å². The Kier molecular flexibility index (Phi) is 12.2. The Morgan fingerprint density at radius 3 is 2.28 bits per heavy atom. The van der Waals surface area contributed by atoms with Gasteiger partial charge in [-0.25, -0.2) is 4.39 Å². The van der Waals surface area contributed by atoms with Crippen LogP contribution in [-0.2, 0) is 17.8 Å². The number of halogens is 3. The molecular formula is C31H36F3N7O2. The van der Waals surface area contributed by atoms with E-state index in [9.17, 15) is 18.0 Å². The van der Waals surface area contributed by atoms with E-state index in [0.29, 0.717) is 12.1 Å². The minimum absolute atomic E-state index is 0.0196. The van der Waals surface area contributed by atoms with E-state index in [1.807, 2.05) is 19.4 Å². The van der Waals surface area contributed by atoms with Crippen molar-refractivity contribution in [2.24, 2.45) is 0 Å². The van der Waals surface area contributed by atoms with Crippen LogP contribution in [0.5, 0.6) is 0 Å². The van der Waals surface area contributed by atoms with Gasteiger partial charge in [0.25, 0.3) is 5.89 Å². The molecule has 9 nitrogen and oxygen atoms in total. The summed E-state index contributed by atoms with van der Waals surface area (Å²) in [5.41, 5.74) is 2.45. The van der Waals surface area contributed by atoms with Crippen LogP contribution in [0.25, 0.3) is 11.5 Å². The molecule has 3 heterocycles. The number of carbonyl (C=O) groups excluding carboxylic acids is 1. The minimum atomic E-state index is -2.89. The quantitative estimate of drug-likeness (QED) is 0.241. The van der Waals surface area contributed by atoms with Gasteiger partial charge >= 0.3 is 6.43 Å². The van der Waals surface area contributed by atoms with E-state index in [4.69, 9.17) is 4.42 Å². The molecule has 0 bridgehead atoms. The van der Waals surface area contributed by atoms with Crippen molar-refractivity contribution >= 4 is 12.1 Å². The number of nitrogens with zero attached hydrogens (tertiary/aromatic N) is 6. The molecule has 0 aliphatic carbocycles. The molecule has 4 aromatic rings. The summed E-state index contributed by atoms with van der Waals surface area (Å²) in [6.45, 7) is 8.28. The first-order valence-electron chi connectivity index (χ1n) is 14.1. The maximum atomic E-state index is 14.3. The van der Waals surface area contributed by atoms with E-state index in [1.54, 1.807) is 30.3 Å². The lowest BCUT2D eigenvalue weighted by Crippen LogP contribution is -2.48. The fourth-order valence-electron chi connectivity index (χ4n) is 4.58. The van der Waals surface area contributed by atoms with Gasteiger partial charge in [-0.1, -0.05) is 24.3 Å². The van der Waals surface area contributed by atoms with Crippen LogP contribution in [0.1, 0.15) is 23.4 Å². The number of hydrogen-bond acceptors (Lipinski definition) is 8. The predicted molar refractivity (Wildman–Crippen MR) is 158 cm³/mol. The number of hydrogen-bond donors (Lipinski definition) is 1. The van der Waals surface area contributed by atoms with E-state index >= 15 is 0 Å². The fourth-order valence-corrected chi connectivity index (χ4v) is 4.58. The third kappa shape index (κ3) is 9.70. The first kappa shape index (κ1) is 31.8. The number of pyridine rings is 1. The highest BCUT2D eigenvalue weighted by molar-refractivity contribution is 5.75. The van der Waals surface area contributed by atoms with Crippen molar-refractivity contribution in [2.45, 2.75) is 19.4 Å². The van der Waals surface area contributed by atoms with E-state index in [2.05, 4.69) is 42.4 Å². The number of para-hydroxylation sites is 1. The molecule has 12 heteroatoms. The molecule has 0 unspecified atom stereocenters. The number of piperazine rings is 1. The van der Waals surface area contributed by atoms with Gasteiger partial charge in [-0.3, -0.25) is 14.7 Å². The van der Waals surface area contributed by atoms with Crippen LogP contribution >= 0.6 is 0 Å². The van der Waals surface area contributed by atoms with Gasteiger partial charge in [-0.15, -0.1) is 10.2 Å². The van der Waals surface area contributed by atoms with Crippen LogP contribution in [0.2, 0.25) is 0 Å². The maximum Gasteiger partial charge on any atom is 0.314 e. The number of carbonyl (C=O) groups is 1. The Labute approximate surface area is 249 Å². The average molecular weight is 596 g/mol. The topological polar surface area (TPSA) is 90.6 Å². The Balaban J connectivity index is 0.000000208. The molecule has 0 atom stereocenters. The van der Waals surface area contributed by atoms with Crippen LogP contribution < -0.4 is 10.2 Å². The molecule has 228 valence electrons. The summed E-state index contributed by atoms with van der Waals surface area (Å²) in [4.78, 5) is 21.8. The van der Waals surface area contributed by atoms with E-state index in [1.165, 1.54) is 61.9 Å². The Morgan fingerprint density at radius 2 is 1.67 bits per heavy atom. The first-order chi connectivity index (χ1) is 21.0. The van der Waals surface area contributed by atoms with Crippen LogP contribution in [0, 0.1) is 5.82 Å². The molecule has 1 saturated heterocycles. The van der Waals surface area contributed by atoms with Crippen LogP contribution in [0.4, 0.5) is 18.9 Å². The summed E-state index contributed by atoms with van der Waals surface area (Å²) in [5.74, 6) is -1.64. The molecule has 0 radical (unpaired) electrons. The largest absolute Gasteiger partial charge is 0.415 e. The van der Waals surface area contributed by atoms with Crippen LogP contribution in [0.3, 0.4) is 0 Å². The highest BCUT2D eigenvalue weighted by atomic mass is 19.3. The number of likely N-dealkylation sites (N-methyl/N-ethyl adjacent to an activating group) is 1. The van der Waals surface area contributed by atoms with Gasteiger partial charge in [0.15, 0.2) is 0 Å².